The lowest BCUT2D eigenvalue weighted by atomic mass is 9.99. The smallest absolute Gasteiger partial charge is 0.227 e. The number of Topliss-reactive ketones (excluding diaryl/α,β-unsaturated/α-hetero) is 1. The third-order valence-electron chi connectivity index (χ3n) is 5.07. The third-order valence-corrected chi connectivity index (χ3v) is 5.07. The first kappa shape index (κ1) is 17.4. The third kappa shape index (κ3) is 3.62. The molecule has 1 aliphatic rings. The molecular formula is C23H22N2O2. The van der Waals surface area contributed by atoms with Gasteiger partial charge in [0, 0.05) is 55.7 Å². The maximum atomic E-state index is 12.5. The number of rotatable bonds is 3. The average molecular weight is 358 g/mol. The zero-order chi connectivity index (χ0) is 18.8. The highest BCUT2D eigenvalue weighted by Gasteiger charge is 2.22. The number of ketones is 1. The van der Waals surface area contributed by atoms with Gasteiger partial charge in [0.1, 0.15) is 0 Å². The second-order valence-corrected chi connectivity index (χ2v) is 7.03. The Morgan fingerprint density at radius 2 is 1.81 bits per heavy atom. The number of hydrogen-bond donors (Lipinski definition) is 0. The summed E-state index contributed by atoms with van der Waals surface area (Å²) in [7, 11) is 0. The summed E-state index contributed by atoms with van der Waals surface area (Å²) >= 11 is 0. The van der Waals surface area contributed by atoms with Gasteiger partial charge in [0.25, 0.3) is 0 Å². The number of carbonyl (C=O) groups is 2. The summed E-state index contributed by atoms with van der Waals surface area (Å²) in [6.45, 7) is 3.80. The van der Waals surface area contributed by atoms with Crippen LogP contribution in [-0.2, 0) is 11.3 Å². The van der Waals surface area contributed by atoms with Gasteiger partial charge < -0.3 is 0 Å². The van der Waals surface area contributed by atoms with Crippen LogP contribution >= 0.6 is 0 Å². The predicted molar refractivity (Wildman–Crippen MR) is 108 cm³/mol. The normalized spacial score (nSPS) is 16.9. The van der Waals surface area contributed by atoms with Crippen molar-refractivity contribution < 1.29 is 9.59 Å². The van der Waals surface area contributed by atoms with E-state index in [1.54, 1.807) is 11.5 Å². The van der Waals surface area contributed by atoms with Gasteiger partial charge in [-0.05, 0) is 17.7 Å². The van der Waals surface area contributed by atoms with Crippen LogP contribution in [0.4, 0.5) is 0 Å². The van der Waals surface area contributed by atoms with E-state index < -0.39 is 0 Å². The number of aromatic nitrogens is 1. The van der Waals surface area contributed by atoms with Crippen LogP contribution in [0.3, 0.4) is 0 Å². The van der Waals surface area contributed by atoms with Crippen LogP contribution in [0.25, 0.3) is 17.0 Å². The molecule has 4 nitrogen and oxygen atoms in total. The maximum absolute atomic E-state index is 12.5. The van der Waals surface area contributed by atoms with Crippen LogP contribution < -0.4 is 0 Å². The van der Waals surface area contributed by atoms with Crippen molar-refractivity contribution in [3.05, 3.63) is 77.5 Å². The van der Waals surface area contributed by atoms with Crippen molar-refractivity contribution >= 4 is 28.7 Å². The summed E-state index contributed by atoms with van der Waals surface area (Å²) in [4.78, 5) is 26.8. The summed E-state index contributed by atoms with van der Waals surface area (Å²) in [6, 6.07) is 18.1. The number of para-hydroxylation sites is 1. The molecule has 1 saturated heterocycles. The Bertz CT molecular complexity index is 1030. The average Bonchev–Trinajstić information content (AvgIpc) is 3.04. The minimum atomic E-state index is -0.0310. The molecule has 0 amide bonds. The molecule has 0 N–H and O–H groups in total. The van der Waals surface area contributed by atoms with Crippen LogP contribution in [0.1, 0.15) is 29.3 Å². The van der Waals surface area contributed by atoms with Crippen LogP contribution in [0.5, 0.6) is 0 Å². The fourth-order valence-electron chi connectivity index (χ4n) is 3.70. The van der Waals surface area contributed by atoms with E-state index in [1.807, 2.05) is 54.7 Å². The topological polar surface area (TPSA) is 42.3 Å². The van der Waals surface area contributed by atoms with Gasteiger partial charge in [0.15, 0.2) is 5.78 Å². The molecular weight excluding hydrogens is 336 g/mol. The van der Waals surface area contributed by atoms with Gasteiger partial charge in [-0.15, -0.1) is 0 Å². The van der Waals surface area contributed by atoms with E-state index in [2.05, 4.69) is 17.0 Å². The van der Waals surface area contributed by atoms with E-state index in [9.17, 15) is 9.59 Å². The van der Waals surface area contributed by atoms with Crippen molar-refractivity contribution in [2.45, 2.75) is 19.9 Å². The highest BCUT2D eigenvalue weighted by molar-refractivity contribution is 6.04. The molecule has 4 rings (SSSR count). The zero-order valence-corrected chi connectivity index (χ0v) is 15.4. The fourth-order valence-corrected chi connectivity index (χ4v) is 3.70. The van der Waals surface area contributed by atoms with Gasteiger partial charge in [0.05, 0.1) is 5.52 Å². The molecule has 2 heterocycles. The van der Waals surface area contributed by atoms with Crippen LogP contribution in [-0.4, -0.2) is 34.2 Å². The number of fused-ring (bicyclic) bond motifs is 1. The maximum Gasteiger partial charge on any atom is 0.227 e. The van der Waals surface area contributed by atoms with Crippen molar-refractivity contribution in [2.75, 3.05) is 13.1 Å². The number of benzene rings is 2. The summed E-state index contributed by atoms with van der Waals surface area (Å²) < 4.78 is 1.65. The molecule has 1 aliphatic heterocycles. The Hall–Kier alpha value is -2.98. The van der Waals surface area contributed by atoms with Crippen molar-refractivity contribution in [2.24, 2.45) is 0 Å². The van der Waals surface area contributed by atoms with Crippen LogP contribution in [0.2, 0.25) is 0 Å². The van der Waals surface area contributed by atoms with Gasteiger partial charge in [0.2, 0.25) is 5.91 Å². The highest BCUT2D eigenvalue weighted by Crippen LogP contribution is 2.25. The Kier molecular flexibility index (Phi) is 4.73. The first-order chi connectivity index (χ1) is 13.1. The molecule has 0 spiro atoms. The fraction of sp³-hybridized carbons (Fsp3) is 0.217. The first-order valence-corrected chi connectivity index (χ1v) is 9.23. The molecule has 0 aliphatic carbocycles. The second-order valence-electron chi connectivity index (χ2n) is 7.03. The van der Waals surface area contributed by atoms with Gasteiger partial charge in [-0.2, -0.15) is 0 Å². The van der Waals surface area contributed by atoms with E-state index >= 15 is 0 Å². The van der Waals surface area contributed by atoms with Crippen LogP contribution in [0.15, 0.2) is 66.4 Å². The summed E-state index contributed by atoms with van der Waals surface area (Å²) in [5.41, 5.74) is 3.86. The van der Waals surface area contributed by atoms with Crippen molar-refractivity contribution in [3.63, 3.8) is 0 Å². The van der Waals surface area contributed by atoms with Crippen molar-refractivity contribution in [1.82, 2.24) is 9.47 Å². The van der Waals surface area contributed by atoms with Gasteiger partial charge in [-0.1, -0.05) is 48.5 Å². The minimum Gasteiger partial charge on any atom is -0.294 e. The lowest BCUT2D eigenvalue weighted by Gasteiger charge is -2.27. The number of piperidine rings is 1. The first-order valence-electron chi connectivity index (χ1n) is 9.23. The molecule has 1 fully saturated rings. The molecule has 27 heavy (non-hydrogen) atoms. The summed E-state index contributed by atoms with van der Waals surface area (Å²) in [5.74, 6) is 0.162. The van der Waals surface area contributed by atoms with Gasteiger partial charge in [-0.25, -0.2) is 0 Å². The van der Waals surface area contributed by atoms with E-state index in [1.165, 1.54) is 5.56 Å². The Morgan fingerprint density at radius 1 is 1.07 bits per heavy atom. The van der Waals surface area contributed by atoms with Gasteiger partial charge in [-0.3, -0.25) is 19.1 Å². The SMILES string of the molecule is CC(=O)n1cc(/C=C2\CN(Cc3ccccc3)CCC2=O)c2ccccc21. The minimum absolute atomic E-state index is 0.0310. The molecule has 0 saturated carbocycles. The Morgan fingerprint density at radius 3 is 2.59 bits per heavy atom. The molecule has 136 valence electrons. The van der Waals surface area contributed by atoms with E-state index in [0.29, 0.717) is 13.0 Å². The zero-order valence-electron chi connectivity index (χ0n) is 15.4. The molecule has 2 aromatic carbocycles. The lowest BCUT2D eigenvalue weighted by molar-refractivity contribution is -0.117. The quantitative estimate of drug-likeness (QED) is 0.660. The van der Waals surface area contributed by atoms with E-state index in [0.717, 1.165) is 35.1 Å². The van der Waals surface area contributed by atoms with E-state index in [4.69, 9.17) is 0 Å². The summed E-state index contributed by atoms with van der Waals surface area (Å²) in [6.07, 6.45) is 4.33. The Labute approximate surface area is 158 Å². The molecule has 0 radical (unpaired) electrons. The van der Waals surface area contributed by atoms with E-state index in [-0.39, 0.29) is 11.7 Å². The Balaban J connectivity index is 1.65. The lowest BCUT2D eigenvalue weighted by Crippen LogP contribution is -2.35. The number of hydrogen-bond acceptors (Lipinski definition) is 3. The predicted octanol–water partition coefficient (Wildman–Crippen LogP) is 4.16. The molecule has 0 unspecified atom stereocenters. The largest absolute Gasteiger partial charge is 0.294 e. The molecule has 3 aromatic rings. The monoisotopic (exact) mass is 358 g/mol. The van der Waals surface area contributed by atoms with Crippen LogP contribution in [0, 0.1) is 0 Å². The van der Waals surface area contributed by atoms with Gasteiger partial charge >= 0.3 is 0 Å². The molecule has 4 heteroatoms. The molecule has 1 aromatic heterocycles. The van der Waals surface area contributed by atoms with Crippen molar-refractivity contribution in [1.29, 1.82) is 0 Å². The number of nitrogens with zero attached hydrogens (tertiary/aromatic N) is 2. The standard InChI is InChI=1S/C23H22N2O2/c1-17(26)25-16-19(21-9-5-6-10-22(21)25)13-20-15-24(12-11-23(20)27)14-18-7-3-2-4-8-18/h2-10,13,16H,11-12,14-15H2,1H3/b20-13+. The van der Waals surface area contributed by atoms with Crippen molar-refractivity contribution in [3.8, 4) is 0 Å². The number of likely N-dealkylation sites (tertiary alicyclic amines) is 1. The molecule has 0 atom stereocenters. The number of carbonyl (C=O) groups excluding carboxylic acids is 2. The second kappa shape index (κ2) is 7.33. The molecule has 0 bridgehead atoms. The summed E-state index contributed by atoms with van der Waals surface area (Å²) in [5, 5.41) is 0.994. The highest BCUT2D eigenvalue weighted by atomic mass is 16.1.